The van der Waals surface area contributed by atoms with Crippen LogP contribution in [0.4, 0.5) is 4.39 Å². The Kier molecular flexibility index (Phi) is 9.48. The number of pyridine rings is 1. The number of nitrogens with zero attached hydrogens (tertiary/aromatic N) is 4. The van der Waals surface area contributed by atoms with E-state index in [0.29, 0.717) is 26.8 Å². The fourth-order valence-electron chi connectivity index (χ4n) is 3.95. The number of benzene rings is 2. The lowest BCUT2D eigenvalue weighted by Crippen LogP contribution is -2.25. The molecule has 42 heavy (non-hydrogen) atoms. The molecule has 2 heterocycles. The van der Waals surface area contributed by atoms with Crippen LogP contribution in [0.3, 0.4) is 0 Å². The summed E-state index contributed by atoms with van der Waals surface area (Å²) in [5.41, 5.74) is -0.0890. The van der Waals surface area contributed by atoms with Gasteiger partial charge in [0.15, 0.2) is 23.9 Å². The molecule has 0 saturated carbocycles. The SMILES string of the molecule is CC(C)(C)OP(=O)(OCn1nc(Cc2ccc(Br)c(Oc3cc(Cl)cc(C#N)c3)c2F)c2cccnc21)OC(C)(C)C. The summed E-state index contributed by atoms with van der Waals surface area (Å²) in [6.07, 6.45) is 1.67. The van der Waals surface area contributed by atoms with Gasteiger partial charge in [0.2, 0.25) is 0 Å². The summed E-state index contributed by atoms with van der Waals surface area (Å²) >= 11 is 9.43. The number of fused-ring (bicyclic) bond motifs is 1. The Labute approximate surface area is 257 Å². The molecule has 4 aromatic rings. The molecule has 2 aromatic heterocycles. The zero-order valence-electron chi connectivity index (χ0n) is 23.9. The van der Waals surface area contributed by atoms with Crippen LogP contribution in [0.5, 0.6) is 11.5 Å². The molecule has 0 bridgehead atoms. The topological polar surface area (TPSA) is 108 Å². The number of ether oxygens (including phenoxy) is 1. The average Bonchev–Trinajstić information content (AvgIpc) is 3.22. The Morgan fingerprint density at radius 3 is 2.43 bits per heavy atom. The minimum Gasteiger partial charge on any atom is -0.453 e. The van der Waals surface area contributed by atoms with Crippen LogP contribution in [-0.2, 0) is 31.3 Å². The summed E-state index contributed by atoms with van der Waals surface area (Å²) in [6, 6.07) is 13.3. The Hall–Kier alpha value is -2.84. The lowest BCUT2D eigenvalue weighted by atomic mass is 10.1. The number of rotatable bonds is 9. The highest BCUT2D eigenvalue weighted by atomic mass is 79.9. The van der Waals surface area contributed by atoms with E-state index in [1.807, 2.05) is 12.1 Å². The Morgan fingerprint density at radius 2 is 1.79 bits per heavy atom. The van der Waals surface area contributed by atoms with Gasteiger partial charge in [-0.3, -0.25) is 13.6 Å². The maximum atomic E-state index is 15.8. The van der Waals surface area contributed by atoms with Crippen LogP contribution in [0, 0.1) is 17.1 Å². The molecule has 0 radical (unpaired) electrons. The van der Waals surface area contributed by atoms with Crippen molar-refractivity contribution in [3.8, 4) is 17.6 Å². The lowest BCUT2D eigenvalue weighted by molar-refractivity contribution is -0.00712. The fourth-order valence-corrected chi connectivity index (χ4v) is 6.30. The van der Waals surface area contributed by atoms with Gasteiger partial charge in [0.25, 0.3) is 0 Å². The summed E-state index contributed by atoms with van der Waals surface area (Å²) in [5, 5.41) is 14.8. The van der Waals surface area contributed by atoms with Crippen molar-refractivity contribution in [2.45, 2.75) is 65.9 Å². The average molecular weight is 680 g/mol. The van der Waals surface area contributed by atoms with Gasteiger partial charge in [-0.2, -0.15) is 10.4 Å². The van der Waals surface area contributed by atoms with Gasteiger partial charge in [-0.05, 0) is 99.4 Å². The number of nitriles is 1. The van der Waals surface area contributed by atoms with E-state index >= 15 is 4.39 Å². The first-order chi connectivity index (χ1) is 19.6. The second-order valence-electron chi connectivity index (χ2n) is 11.3. The van der Waals surface area contributed by atoms with E-state index in [-0.39, 0.29) is 35.2 Å². The highest BCUT2D eigenvalue weighted by Crippen LogP contribution is 2.55. The first-order valence-electron chi connectivity index (χ1n) is 12.9. The standard InChI is InChI=1S/C29H30BrClFN4O5P/c1-28(2,3)40-42(37,41-29(4,5)6)38-17-36-27-22(8-7-11-34-27)24(35-36)14-19-9-10-23(30)26(25(19)32)39-21-13-18(16-33)12-20(31)15-21/h7-13,15H,14,17H2,1-6H3. The minimum atomic E-state index is -4.03. The second kappa shape index (κ2) is 12.4. The largest absolute Gasteiger partial charge is 0.477 e. The van der Waals surface area contributed by atoms with Crippen molar-refractivity contribution in [2.75, 3.05) is 0 Å². The molecule has 0 aliphatic heterocycles. The maximum Gasteiger partial charge on any atom is 0.477 e. The molecular weight excluding hydrogens is 650 g/mol. The lowest BCUT2D eigenvalue weighted by Gasteiger charge is -2.30. The third-order valence-electron chi connectivity index (χ3n) is 5.40. The summed E-state index contributed by atoms with van der Waals surface area (Å²) in [7, 11) is -4.03. The molecule has 0 aliphatic carbocycles. The quantitative estimate of drug-likeness (QED) is 0.161. The van der Waals surface area contributed by atoms with Crippen LogP contribution in [-0.4, -0.2) is 26.0 Å². The molecule has 13 heteroatoms. The number of phosphoric acid groups is 1. The van der Waals surface area contributed by atoms with Crippen LogP contribution in [0.15, 0.2) is 53.1 Å². The van der Waals surface area contributed by atoms with Crippen molar-refractivity contribution in [1.29, 1.82) is 5.26 Å². The first kappa shape index (κ1) is 32.1. The van der Waals surface area contributed by atoms with Gasteiger partial charge in [0.05, 0.1) is 33.0 Å². The second-order valence-corrected chi connectivity index (χ2v) is 14.2. The molecule has 0 amide bonds. The predicted molar refractivity (Wildman–Crippen MR) is 161 cm³/mol. The molecule has 2 aromatic carbocycles. The molecule has 0 unspecified atom stereocenters. The number of aromatic nitrogens is 3. The van der Waals surface area contributed by atoms with E-state index in [1.54, 1.807) is 65.9 Å². The normalized spacial score (nSPS) is 12.5. The molecular formula is C29H30BrClFN4O5P. The van der Waals surface area contributed by atoms with Gasteiger partial charge < -0.3 is 4.74 Å². The number of phosphoric ester groups is 1. The van der Waals surface area contributed by atoms with Crippen LogP contribution >= 0.6 is 35.4 Å². The molecule has 0 spiro atoms. The van der Waals surface area contributed by atoms with Gasteiger partial charge in [-0.1, -0.05) is 17.7 Å². The summed E-state index contributed by atoms with van der Waals surface area (Å²) in [4.78, 5) is 4.41. The molecule has 0 saturated heterocycles. The van der Waals surface area contributed by atoms with Gasteiger partial charge >= 0.3 is 7.82 Å². The van der Waals surface area contributed by atoms with Gasteiger partial charge in [-0.25, -0.2) is 18.6 Å². The monoisotopic (exact) mass is 678 g/mol. The van der Waals surface area contributed by atoms with E-state index in [1.165, 1.54) is 22.9 Å². The summed E-state index contributed by atoms with van der Waals surface area (Å²) < 4.78 is 54.1. The highest BCUT2D eigenvalue weighted by molar-refractivity contribution is 9.10. The summed E-state index contributed by atoms with van der Waals surface area (Å²) in [6.45, 7) is 10.2. The molecule has 222 valence electrons. The molecule has 4 rings (SSSR count). The molecule has 0 fully saturated rings. The van der Waals surface area contributed by atoms with E-state index in [4.69, 9.17) is 29.9 Å². The van der Waals surface area contributed by atoms with Gasteiger partial charge in [0.1, 0.15) is 5.75 Å². The van der Waals surface area contributed by atoms with E-state index in [0.717, 1.165) is 0 Å². The van der Waals surface area contributed by atoms with E-state index in [2.05, 4.69) is 26.0 Å². The molecule has 0 N–H and O–H groups in total. The molecule has 9 nitrogen and oxygen atoms in total. The minimum absolute atomic E-state index is 0.0663. The zero-order chi connectivity index (χ0) is 30.9. The van der Waals surface area contributed by atoms with Gasteiger partial charge in [-0.15, -0.1) is 0 Å². The maximum absolute atomic E-state index is 15.8. The third kappa shape index (κ3) is 8.16. The summed E-state index contributed by atoms with van der Waals surface area (Å²) in [5.74, 6) is -0.470. The van der Waals surface area contributed by atoms with Crippen molar-refractivity contribution in [3.05, 3.63) is 80.8 Å². The van der Waals surface area contributed by atoms with Gasteiger partial charge in [0, 0.05) is 23.0 Å². The number of hydrogen-bond donors (Lipinski definition) is 0. The highest BCUT2D eigenvalue weighted by Gasteiger charge is 2.37. The smallest absolute Gasteiger partial charge is 0.453 e. The van der Waals surface area contributed by atoms with E-state index < -0.39 is 24.8 Å². The van der Waals surface area contributed by atoms with Crippen molar-refractivity contribution >= 4 is 46.4 Å². The first-order valence-corrected chi connectivity index (χ1v) is 15.5. The van der Waals surface area contributed by atoms with Crippen LogP contribution in [0.2, 0.25) is 5.02 Å². The van der Waals surface area contributed by atoms with Crippen LogP contribution in [0.25, 0.3) is 11.0 Å². The molecule has 0 aliphatic rings. The Morgan fingerprint density at radius 1 is 1.10 bits per heavy atom. The van der Waals surface area contributed by atoms with Crippen molar-refractivity contribution in [1.82, 2.24) is 14.8 Å². The fraction of sp³-hybridized carbons (Fsp3) is 0.345. The number of hydrogen-bond acceptors (Lipinski definition) is 8. The van der Waals surface area contributed by atoms with Crippen LogP contribution in [0.1, 0.15) is 58.4 Å². The zero-order valence-corrected chi connectivity index (χ0v) is 27.2. The predicted octanol–water partition coefficient (Wildman–Crippen LogP) is 8.95. The number of halogens is 3. The molecule has 0 atom stereocenters. The third-order valence-corrected chi connectivity index (χ3v) is 8.22. The van der Waals surface area contributed by atoms with Crippen molar-refractivity contribution < 1.29 is 27.3 Å². The Bertz CT molecular complexity index is 1690. The van der Waals surface area contributed by atoms with Crippen molar-refractivity contribution in [2.24, 2.45) is 0 Å². The van der Waals surface area contributed by atoms with E-state index in [9.17, 15) is 9.83 Å². The van der Waals surface area contributed by atoms with Crippen LogP contribution < -0.4 is 4.74 Å². The Balaban J connectivity index is 1.65. The van der Waals surface area contributed by atoms with Crippen molar-refractivity contribution in [3.63, 3.8) is 0 Å².